The summed E-state index contributed by atoms with van der Waals surface area (Å²) in [6, 6.07) is 7.42. The number of amides is 1. The number of thioether (sulfide) groups is 2. The number of aryl methyl sites for hydroxylation is 1. The normalized spacial score (nSPS) is 16.1. The molecule has 1 fully saturated rings. The molecule has 1 aromatic carbocycles. The number of benzene rings is 1. The summed E-state index contributed by atoms with van der Waals surface area (Å²) in [5.74, 6) is 1.87. The van der Waals surface area contributed by atoms with Crippen molar-refractivity contribution in [2.75, 3.05) is 31.7 Å². The second-order valence-corrected chi connectivity index (χ2v) is 8.86. The zero-order valence-corrected chi connectivity index (χ0v) is 17.5. The third-order valence-electron chi connectivity index (χ3n) is 5.03. The number of carbonyl (C=O) groups is 1. The lowest BCUT2D eigenvalue weighted by Gasteiger charge is -2.26. The molecule has 0 unspecified atom stereocenters. The minimum atomic E-state index is -0.0788. The van der Waals surface area contributed by atoms with Crippen LogP contribution in [0.25, 0.3) is 5.69 Å². The zero-order chi connectivity index (χ0) is 19.5. The van der Waals surface area contributed by atoms with Crippen molar-refractivity contribution < 1.29 is 9.53 Å². The van der Waals surface area contributed by atoms with Gasteiger partial charge in [0, 0.05) is 25.3 Å². The largest absolute Gasteiger partial charge is 0.495 e. The predicted octanol–water partition coefficient (Wildman–Crippen LogP) is 2.99. The average molecular weight is 418 g/mol. The summed E-state index contributed by atoms with van der Waals surface area (Å²) in [6.07, 6.45) is 4.11. The Hall–Kier alpha value is -1.93. The first-order valence-electron chi connectivity index (χ1n) is 9.51. The van der Waals surface area contributed by atoms with Crippen molar-refractivity contribution in [3.63, 3.8) is 0 Å². The SMILES string of the molecule is COc1ccccc1-n1c(SCC(=O)N2CCCCC2)nc2c(c1=O)SCC2. The van der Waals surface area contributed by atoms with Gasteiger partial charge in [-0.25, -0.2) is 4.98 Å². The second kappa shape index (κ2) is 8.61. The van der Waals surface area contributed by atoms with Crippen LogP contribution in [0.5, 0.6) is 5.75 Å². The van der Waals surface area contributed by atoms with Gasteiger partial charge in [-0.2, -0.15) is 0 Å². The van der Waals surface area contributed by atoms with Crippen LogP contribution in [-0.4, -0.2) is 52.1 Å². The van der Waals surface area contributed by atoms with Crippen molar-refractivity contribution in [2.24, 2.45) is 0 Å². The first kappa shape index (κ1) is 19.4. The van der Waals surface area contributed by atoms with Crippen LogP contribution in [0.4, 0.5) is 0 Å². The fraction of sp³-hybridized carbons (Fsp3) is 0.450. The maximum absolute atomic E-state index is 13.2. The van der Waals surface area contributed by atoms with Crippen LogP contribution in [0.15, 0.2) is 39.1 Å². The van der Waals surface area contributed by atoms with E-state index in [2.05, 4.69) is 0 Å². The number of fused-ring (bicyclic) bond motifs is 1. The van der Waals surface area contributed by atoms with E-state index in [9.17, 15) is 9.59 Å². The van der Waals surface area contributed by atoms with Gasteiger partial charge in [0.2, 0.25) is 5.91 Å². The van der Waals surface area contributed by atoms with E-state index in [1.807, 2.05) is 29.2 Å². The Morgan fingerprint density at radius 3 is 2.82 bits per heavy atom. The van der Waals surface area contributed by atoms with Crippen LogP contribution in [0.2, 0.25) is 0 Å². The number of nitrogens with zero attached hydrogens (tertiary/aromatic N) is 3. The van der Waals surface area contributed by atoms with Crippen molar-refractivity contribution in [3.05, 3.63) is 40.3 Å². The number of para-hydroxylation sites is 2. The molecule has 0 aliphatic carbocycles. The van der Waals surface area contributed by atoms with E-state index >= 15 is 0 Å². The first-order valence-corrected chi connectivity index (χ1v) is 11.5. The first-order chi connectivity index (χ1) is 13.7. The Labute approximate surface area is 172 Å². The summed E-state index contributed by atoms with van der Waals surface area (Å²) >= 11 is 2.89. The molecule has 8 heteroatoms. The zero-order valence-electron chi connectivity index (χ0n) is 15.8. The maximum atomic E-state index is 13.2. The lowest BCUT2D eigenvalue weighted by atomic mass is 10.1. The van der Waals surface area contributed by atoms with Crippen molar-refractivity contribution in [1.82, 2.24) is 14.5 Å². The molecule has 1 saturated heterocycles. The van der Waals surface area contributed by atoms with Crippen LogP contribution in [-0.2, 0) is 11.2 Å². The average Bonchev–Trinajstić information content (AvgIpc) is 3.22. The van der Waals surface area contributed by atoms with Crippen molar-refractivity contribution in [2.45, 2.75) is 35.7 Å². The quantitative estimate of drug-likeness (QED) is 0.551. The number of ether oxygens (including phenoxy) is 1. The van der Waals surface area contributed by atoms with Crippen LogP contribution in [0, 0.1) is 0 Å². The number of likely N-dealkylation sites (tertiary alicyclic amines) is 1. The molecule has 0 radical (unpaired) electrons. The summed E-state index contributed by atoms with van der Waals surface area (Å²) in [6.45, 7) is 1.65. The topological polar surface area (TPSA) is 64.4 Å². The summed E-state index contributed by atoms with van der Waals surface area (Å²) < 4.78 is 7.07. The minimum Gasteiger partial charge on any atom is -0.495 e. The molecule has 3 heterocycles. The number of methoxy groups -OCH3 is 1. The van der Waals surface area contributed by atoms with Gasteiger partial charge in [-0.3, -0.25) is 14.2 Å². The number of hydrogen-bond acceptors (Lipinski definition) is 6. The molecule has 0 atom stereocenters. The van der Waals surface area contributed by atoms with Crippen molar-refractivity contribution >= 4 is 29.4 Å². The molecule has 4 rings (SSSR count). The lowest BCUT2D eigenvalue weighted by molar-refractivity contribution is -0.129. The standard InChI is InChI=1S/C20H23N3O3S2/c1-26-16-8-4-3-7-15(16)23-19(25)18-14(9-12-27-18)21-20(23)28-13-17(24)22-10-5-2-6-11-22/h3-4,7-8H,2,5-6,9-13H2,1H3. The van der Waals surface area contributed by atoms with Crippen LogP contribution < -0.4 is 10.3 Å². The minimum absolute atomic E-state index is 0.0788. The molecule has 148 valence electrons. The summed E-state index contributed by atoms with van der Waals surface area (Å²) in [7, 11) is 1.59. The van der Waals surface area contributed by atoms with Gasteiger partial charge in [0.15, 0.2) is 5.16 Å². The van der Waals surface area contributed by atoms with Gasteiger partial charge in [0.25, 0.3) is 5.56 Å². The number of piperidine rings is 1. The number of rotatable bonds is 5. The highest BCUT2D eigenvalue weighted by molar-refractivity contribution is 8.00. The van der Waals surface area contributed by atoms with Gasteiger partial charge < -0.3 is 9.64 Å². The molecular weight excluding hydrogens is 394 g/mol. The van der Waals surface area contributed by atoms with Crippen LogP contribution in [0.1, 0.15) is 25.0 Å². The lowest BCUT2D eigenvalue weighted by Crippen LogP contribution is -2.37. The molecule has 0 spiro atoms. The molecule has 0 N–H and O–H groups in total. The van der Waals surface area contributed by atoms with Crippen LogP contribution in [0.3, 0.4) is 0 Å². The monoisotopic (exact) mass is 417 g/mol. The smallest absolute Gasteiger partial charge is 0.272 e. The summed E-state index contributed by atoms with van der Waals surface area (Å²) in [5.41, 5.74) is 1.42. The third-order valence-corrected chi connectivity index (χ3v) is 7.06. The van der Waals surface area contributed by atoms with E-state index < -0.39 is 0 Å². The fourth-order valence-corrected chi connectivity index (χ4v) is 5.53. The van der Waals surface area contributed by atoms with Gasteiger partial charge in [0.05, 0.1) is 29.1 Å². The number of aromatic nitrogens is 2. The Morgan fingerprint density at radius 1 is 1.25 bits per heavy atom. The molecule has 6 nitrogen and oxygen atoms in total. The molecule has 1 aromatic heterocycles. The maximum Gasteiger partial charge on any atom is 0.272 e. The molecule has 28 heavy (non-hydrogen) atoms. The van der Waals surface area contributed by atoms with E-state index in [0.717, 1.165) is 43.8 Å². The highest BCUT2D eigenvalue weighted by atomic mass is 32.2. The number of hydrogen-bond donors (Lipinski definition) is 0. The molecular formula is C20H23N3O3S2. The van der Waals surface area contributed by atoms with Gasteiger partial charge in [-0.05, 0) is 31.4 Å². The molecule has 2 aliphatic rings. The predicted molar refractivity (Wildman–Crippen MR) is 112 cm³/mol. The Balaban J connectivity index is 1.69. The molecule has 1 amide bonds. The summed E-state index contributed by atoms with van der Waals surface area (Å²) in [5, 5.41) is 0.557. The second-order valence-electron chi connectivity index (χ2n) is 6.81. The van der Waals surface area contributed by atoms with E-state index in [1.165, 1.54) is 18.2 Å². The van der Waals surface area contributed by atoms with Gasteiger partial charge in [0.1, 0.15) is 5.75 Å². The van der Waals surface area contributed by atoms with E-state index in [4.69, 9.17) is 9.72 Å². The molecule has 2 aliphatic heterocycles. The van der Waals surface area contributed by atoms with Gasteiger partial charge in [-0.15, -0.1) is 11.8 Å². The molecule has 0 bridgehead atoms. The highest BCUT2D eigenvalue weighted by Crippen LogP contribution is 2.32. The Morgan fingerprint density at radius 2 is 2.04 bits per heavy atom. The Bertz CT molecular complexity index is 939. The van der Waals surface area contributed by atoms with Gasteiger partial charge >= 0.3 is 0 Å². The summed E-state index contributed by atoms with van der Waals surface area (Å²) in [4.78, 5) is 33.2. The molecule has 0 saturated carbocycles. The Kier molecular flexibility index (Phi) is 5.96. The van der Waals surface area contributed by atoms with Crippen LogP contribution >= 0.6 is 23.5 Å². The third kappa shape index (κ3) is 3.80. The van der Waals surface area contributed by atoms with E-state index in [0.29, 0.717) is 21.5 Å². The van der Waals surface area contributed by atoms with E-state index in [-0.39, 0.29) is 17.2 Å². The highest BCUT2D eigenvalue weighted by Gasteiger charge is 2.25. The fourth-order valence-electron chi connectivity index (χ4n) is 3.58. The van der Waals surface area contributed by atoms with E-state index in [1.54, 1.807) is 23.4 Å². The van der Waals surface area contributed by atoms with Crippen molar-refractivity contribution in [3.8, 4) is 11.4 Å². The molecule has 2 aromatic rings. The van der Waals surface area contributed by atoms with Gasteiger partial charge in [-0.1, -0.05) is 23.9 Å². The number of carbonyl (C=O) groups excluding carboxylic acids is 1. The van der Waals surface area contributed by atoms with Crippen molar-refractivity contribution in [1.29, 1.82) is 0 Å².